The van der Waals surface area contributed by atoms with Gasteiger partial charge in [0.1, 0.15) is 17.7 Å². The number of pyridine rings is 1. The van der Waals surface area contributed by atoms with Gasteiger partial charge in [-0.1, -0.05) is 30.3 Å². The van der Waals surface area contributed by atoms with Crippen LogP contribution in [0.5, 0.6) is 5.75 Å². The normalized spacial score (nSPS) is 10.8. The fourth-order valence-corrected chi connectivity index (χ4v) is 3.20. The predicted molar refractivity (Wildman–Crippen MR) is 115 cm³/mol. The van der Waals surface area contributed by atoms with E-state index in [1.165, 1.54) is 19.6 Å². The van der Waals surface area contributed by atoms with E-state index in [9.17, 15) is 14.8 Å². The number of imidazole rings is 1. The summed E-state index contributed by atoms with van der Waals surface area (Å²) in [4.78, 5) is 24.9. The van der Waals surface area contributed by atoms with Crippen molar-refractivity contribution >= 4 is 29.8 Å². The number of nitrogens with zero attached hydrogens (tertiary/aromatic N) is 4. The van der Waals surface area contributed by atoms with Gasteiger partial charge >= 0.3 is 7.12 Å². The molecular formula is C20H19BN6O4. The largest absolute Gasteiger partial charge is 0.491 e. The minimum absolute atomic E-state index is 0.300. The molecule has 1 aromatic carbocycles. The topological polar surface area (TPSA) is 148 Å². The molecule has 0 radical (unpaired) electrons. The number of rotatable bonds is 7. The number of amides is 1. The first-order valence-electron chi connectivity index (χ1n) is 9.34. The number of hydrogen-bond acceptors (Lipinski definition) is 8. The van der Waals surface area contributed by atoms with Crippen LogP contribution in [0.3, 0.4) is 0 Å². The van der Waals surface area contributed by atoms with Crippen molar-refractivity contribution in [3.63, 3.8) is 0 Å². The summed E-state index contributed by atoms with van der Waals surface area (Å²) in [6.07, 6.45) is 3.03. The summed E-state index contributed by atoms with van der Waals surface area (Å²) in [5, 5.41) is 21.9. The van der Waals surface area contributed by atoms with Crippen LogP contribution in [0, 0.1) is 0 Å². The maximum atomic E-state index is 11.7. The van der Waals surface area contributed by atoms with Crippen molar-refractivity contribution in [2.24, 2.45) is 5.73 Å². The van der Waals surface area contributed by atoms with Gasteiger partial charge < -0.3 is 25.8 Å². The van der Waals surface area contributed by atoms with E-state index in [0.29, 0.717) is 46.3 Å². The van der Waals surface area contributed by atoms with Crippen molar-refractivity contribution in [3.05, 3.63) is 66.2 Å². The minimum atomic E-state index is -1.54. The molecule has 156 valence electrons. The average Bonchev–Trinajstić information content (AvgIpc) is 3.21. The highest BCUT2D eigenvalue weighted by Gasteiger charge is 2.17. The molecule has 1 amide bonds. The first-order valence-corrected chi connectivity index (χ1v) is 9.34. The van der Waals surface area contributed by atoms with Gasteiger partial charge in [-0.25, -0.2) is 15.0 Å². The standard InChI is InChI=1S/C20H19BN6O4/c1-31-16-10-24-20(17-14-6-3-7-15(18(22)28)27(14)11-25-17)26-19(16)23-9-12-4-2-5-13(8-12)21(29)30/h2-8,10-11,29-30H,9H2,1H3,(H2,22,28)(H,23,24,26). The summed E-state index contributed by atoms with van der Waals surface area (Å²) in [5.41, 5.74) is 8.08. The van der Waals surface area contributed by atoms with Crippen LogP contribution in [-0.2, 0) is 6.54 Å². The Kier molecular flexibility index (Phi) is 5.52. The van der Waals surface area contributed by atoms with E-state index in [2.05, 4.69) is 20.3 Å². The van der Waals surface area contributed by atoms with Crippen molar-refractivity contribution in [2.75, 3.05) is 12.4 Å². The second-order valence-electron chi connectivity index (χ2n) is 6.71. The maximum Gasteiger partial charge on any atom is 0.488 e. The number of hydrogen-bond donors (Lipinski definition) is 4. The van der Waals surface area contributed by atoms with Crippen LogP contribution < -0.4 is 21.3 Å². The van der Waals surface area contributed by atoms with E-state index in [-0.39, 0.29) is 0 Å². The Morgan fingerprint density at radius 3 is 2.77 bits per heavy atom. The number of ether oxygens (including phenoxy) is 1. The van der Waals surface area contributed by atoms with Crippen molar-refractivity contribution in [1.82, 2.24) is 19.4 Å². The zero-order valence-corrected chi connectivity index (χ0v) is 16.6. The van der Waals surface area contributed by atoms with Crippen LogP contribution in [-0.4, -0.2) is 49.5 Å². The Hall–Kier alpha value is -3.96. The Morgan fingerprint density at radius 1 is 1.23 bits per heavy atom. The van der Waals surface area contributed by atoms with Gasteiger partial charge in [-0.05, 0) is 23.2 Å². The number of carbonyl (C=O) groups is 1. The highest BCUT2D eigenvalue weighted by Crippen LogP contribution is 2.27. The highest BCUT2D eigenvalue weighted by molar-refractivity contribution is 6.58. The number of anilines is 1. The van der Waals surface area contributed by atoms with E-state index >= 15 is 0 Å². The first kappa shape index (κ1) is 20.3. The number of nitrogens with one attached hydrogen (secondary N) is 1. The molecule has 0 bridgehead atoms. The molecule has 31 heavy (non-hydrogen) atoms. The monoisotopic (exact) mass is 418 g/mol. The lowest BCUT2D eigenvalue weighted by Crippen LogP contribution is -2.30. The summed E-state index contributed by atoms with van der Waals surface area (Å²) in [5.74, 6) is 0.646. The lowest BCUT2D eigenvalue weighted by atomic mass is 9.80. The van der Waals surface area contributed by atoms with Crippen LogP contribution in [0.4, 0.5) is 5.82 Å². The molecule has 4 aromatic rings. The summed E-state index contributed by atoms with van der Waals surface area (Å²) in [7, 11) is -0.0307. The second-order valence-corrected chi connectivity index (χ2v) is 6.71. The molecular weight excluding hydrogens is 399 g/mol. The molecule has 0 aliphatic carbocycles. The molecule has 0 saturated heterocycles. The average molecular weight is 418 g/mol. The fourth-order valence-electron chi connectivity index (χ4n) is 3.20. The van der Waals surface area contributed by atoms with Crippen LogP contribution in [0.2, 0.25) is 0 Å². The van der Waals surface area contributed by atoms with Crippen molar-refractivity contribution in [1.29, 1.82) is 0 Å². The SMILES string of the molecule is COc1cnc(-c2ncn3c(C(N)=O)cccc23)nc1NCc1cccc(B(O)O)c1. The lowest BCUT2D eigenvalue weighted by molar-refractivity contribution is 0.0994. The Labute approximate surface area is 177 Å². The fraction of sp³-hybridized carbons (Fsp3) is 0.100. The van der Waals surface area contributed by atoms with Gasteiger partial charge in [-0.3, -0.25) is 9.20 Å². The maximum absolute atomic E-state index is 11.7. The summed E-state index contributed by atoms with van der Waals surface area (Å²) < 4.78 is 6.94. The number of methoxy groups -OCH3 is 1. The van der Waals surface area contributed by atoms with Crippen LogP contribution in [0.15, 0.2) is 55.0 Å². The summed E-state index contributed by atoms with van der Waals surface area (Å²) in [6.45, 7) is 0.364. The number of carbonyl (C=O) groups excluding carboxylic acids is 1. The van der Waals surface area contributed by atoms with E-state index < -0.39 is 13.0 Å². The third-order valence-electron chi connectivity index (χ3n) is 4.72. The third-order valence-corrected chi connectivity index (χ3v) is 4.72. The third kappa shape index (κ3) is 4.04. The Bertz CT molecular complexity index is 1260. The van der Waals surface area contributed by atoms with E-state index in [0.717, 1.165) is 5.56 Å². The van der Waals surface area contributed by atoms with Crippen LogP contribution >= 0.6 is 0 Å². The summed E-state index contributed by atoms with van der Waals surface area (Å²) >= 11 is 0. The van der Waals surface area contributed by atoms with Gasteiger partial charge in [0.15, 0.2) is 17.4 Å². The van der Waals surface area contributed by atoms with Crippen LogP contribution in [0.25, 0.3) is 17.0 Å². The smallest absolute Gasteiger partial charge is 0.488 e. The minimum Gasteiger partial charge on any atom is -0.491 e. The molecule has 0 aliphatic heterocycles. The Morgan fingerprint density at radius 2 is 2.03 bits per heavy atom. The number of primary amides is 1. The van der Waals surface area contributed by atoms with Crippen molar-refractivity contribution in [2.45, 2.75) is 6.54 Å². The molecule has 0 aliphatic rings. The molecule has 3 aromatic heterocycles. The number of nitrogens with two attached hydrogens (primary N) is 1. The molecule has 0 spiro atoms. The zero-order chi connectivity index (χ0) is 22.0. The number of fused-ring (bicyclic) bond motifs is 1. The van der Waals surface area contributed by atoms with Gasteiger partial charge in [-0.15, -0.1) is 0 Å². The zero-order valence-electron chi connectivity index (χ0n) is 16.6. The first-order chi connectivity index (χ1) is 15.0. The molecule has 3 heterocycles. The van der Waals surface area contributed by atoms with Gasteiger partial charge in [0.05, 0.1) is 18.8 Å². The van der Waals surface area contributed by atoms with Gasteiger partial charge in [0.25, 0.3) is 5.91 Å². The van der Waals surface area contributed by atoms with Crippen molar-refractivity contribution in [3.8, 4) is 17.3 Å². The molecule has 10 nitrogen and oxygen atoms in total. The molecule has 0 atom stereocenters. The molecule has 11 heteroatoms. The quantitative estimate of drug-likeness (QED) is 0.311. The molecule has 4 rings (SSSR count). The number of benzene rings is 1. The van der Waals surface area contributed by atoms with E-state index in [4.69, 9.17) is 10.5 Å². The molecule has 0 unspecified atom stereocenters. The second kappa shape index (κ2) is 8.42. The van der Waals surface area contributed by atoms with Gasteiger partial charge in [0, 0.05) is 6.54 Å². The Balaban J connectivity index is 1.67. The van der Waals surface area contributed by atoms with Gasteiger partial charge in [-0.2, -0.15) is 0 Å². The van der Waals surface area contributed by atoms with Gasteiger partial charge in [0.2, 0.25) is 0 Å². The summed E-state index contributed by atoms with van der Waals surface area (Å²) in [6, 6.07) is 12.0. The number of aromatic nitrogens is 4. The molecule has 0 saturated carbocycles. The lowest BCUT2D eigenvalue weighted by Gasteiger charge is -2.12. The highest BCUT2D eigenvalue weighted by atomic mass is 16.5. The van der Waals surface area contributed by atoms with Crippen LogP contribution in [0.1, 0.15) is 16.1 Å². The molecule has 0 fully saturated rings. The van der Waals surface area contributed by atoms with E-state index in [1.54, 1.807) is 40.8 Å². The van der Waals surface area contributed by atoms with Crippen molar-refractivity contribution < 1.29 is 19.6 Å². The predicted octanol–water partition coefficient (Wildman–Crippen LogP) is 0.191. The molecule has 5 N–H and O–H groups in total. The van der Waals surface area contributed by atoms with E-state index in [1.807, 2.05) is 6.07 Å².